The fraction of sp³-hybridized carbons (Fsp3) is 0.471. The van der Waals surface area contributed by atoms with Gasteiger partial charge in [0.2, 0.25) is 0 Å². The average molecular weight is 320 g/mol. The molecule has 0 saturated carbocycles. The van der Waals surface area contributed by atoms with Crippen LogP contribution in [-0.4, -0.2) is 37.0 Å². The van der Waals surface area contributed by atoms with Crippen molar-refractivity contribution < 1.29 is 29.0 Å². The van der Waals surface area contributed by atoms with Crippen molar-refractivity contribution in [2.24, 2.45) is 5.41 Å². The summed E-state index contributed by atoms with van der Waals surface area (Å²) in [5.41, 5.74) is 0.690. The molecule has 0 heterocycles. The van der Waals surface area contributed by atoms with Crippen LogP contribution < -0.4 is 0 Å². The highest BCUT2D eigenvalue weighted by Gasteiger charge is 2.36. The summed E-state index contributed by atoms with van der Waals surface area (Å²) in [6.07, 6.45) is 0.665. The van der Waals surface area contributed by atoms with Crippen LogP contribution in [0.4, 0.5) is 0 Å². The van der Waals surface area contributed by atoms with E-state index in [1.807, 2.05) is 13.8 Å². The summed E-state index contributed by atoms with van der Waals surface area (Å²) in [7, 11) is 2.42. The van der Waals surface area contributed by atoms with Gasteiger partial charge in [0.15, 0.2) is 5.78 Å². The second kappa shape index (κ2) is 6.02. The van der Waals surface area contributed by atoms with E-state index in [4.69, 9.17) is 0 Å². The molecule has 1 N–H and O–H groups in total. The second-order valence-corrected chi connectivity index (χ2v) is 6.48. The zero-order valence-corrected chi connectivity index (χ0v) is 13.7. The molecule has 124 valence electrons. The lowest BCUT2D eigenvalue weighted by Crippen LogP contribution is -2.28. The lowest BCUT2D eigenvalue weighted by atomic mass is 9.72. The van der Waals surface area contributed by atoms with Gasteiger partial charge in [-0.15, -0.1) is 0 Å². The number of aromatic hydroxyl groups is 1. The normalized spacial score (nSPS) is 15.7. The van der Waals surface area contributed by atoms with Crippen molar-refractivity contribution in [3.8, 4) is 5.75 Å². The zero-order chi connectivity index (χ0) is 17.4. The fourth-order valence-electron chi connectivity index (χ4n) is 3.03. The number of phenols is 1. The van der Waals surface area contributed by atoms with Crippen LogP contribution in [0.1, 0.15) is 52.1 Å². The van der Waals surface area contributed by atoms with E-state index >= 15 is 0 Å². The highest BCUT2D eigenvalue weighted by Crippen LogP contribution is 2.41. The highest BCUT2D eigenvalue weighted by molar-refractivity contribution is 6.06. The Balaban J connectivity index is 2.67. The van der Waals surface area contributed by atoms with E-state index in [0.29, 0.717) is 17.5 Å². The number of ether oxygens (including phenoxy) is 2. The van der Waals surface area contributed by atoms with E-state index in [-0.39, 0.29) is 35.2 Å². The number of hydrogen-bond acceptors (Lipinski definition) is 6. The van der Waals surface area contributed by atoms with E-state index in [9.17, 15) is 19.5 Å². The zero-order valence-electron chi connectivity index (χ0n) is 13.7. The van der Waals surface area contributed by atoms with Gasteiger partial charge in [0.25, 0.3) is 0 Å². The number of fused-ring (bicyclic) bond motifs is 1. The van der Waals surface area contributed by atoms with Gasteiger partial charge in [-0.25, -0.2) is 4.79 Å². The molecule has 1 aromatic carbocycles. The Hall–Kier alpha value is -2.37. The second-order valence-electron chi connectivity index (χ2n) is 6.48. The van der Waals surface area contributed by atoms with Crippen LogP contribution >= 0.6 is 0 Å². The number of Topliss-reactive ketones (excluding diaryl/α,β-unsaturated/α-hetero) is 1. The molecular formula is C17H20O6. The maximum absolute atomic E-state index is 12.4. The minimum Gasteiger partial charge on any atom is -0.506 e. The summed E-state index contributed by atoms with van der Waals surface area (Å²) in [6, 6.07) is 1.62. The van der Waals surface area contributed by atoms with Crippen LogP contribution in [0.15, 0.2) is 6.07 Å². The van der Waals surface area contributed by atoms with Crippen molar-refractivity contribution in [1.82, 2.24) is 0 Å². The third kappa shape index (κ3) is 3.21. The van der Waals surface area contributed by atoms with Crippen LogP contribution in [0, 0.1) is 5.41 Å². The molecule has 0 fully saturated rings. The van der Waals surface area contributed by atoms with Gasteiger partial charge in [-0.3, -0.25) is 9.59 Å². The molecule has 1 aromatic rings. The largest absolute Gasteiger partial charge is 0.506 e. The van der Waals surface area contributed by atoms with E-state index in [2.05, 4.69) is 9.47 Å². The molecule has 6 heteroatoms. The van der Waals surface area contributed by atoms with Crippen LogP contribution in [0.2, 0.25) is 0 Å². The SMILES string of the molecule is COC(=O)Cc1cc2c(c(O)c1C(=O)OC)C(=O)CC(C)(C)C2. The number of methoxy groups -OCH3 is 2. The summed E-state index contributed by atoms with van der Waals surface area (Å²) in [6.45, 7) is 3.91. The van der Waals surface area contributed by atoms with Crippen LogP contribution in [0.3, 0.4) is 0 Å². The Morgan fingerprint density at radius 1 is 1.22 bits per heavy atom. The van der Waals surface area contributed by atoms with E-state index < -0.39 is 17.7 Å². The van der Waals surface area contributed by atoms with Crippen molar-refractivity contribution in [1.29, 1.82) is 0 Å². The Morgan fingerprint density at radius 2 is 1.87 bits per heavy atom. The van der Waals surface area contributed by atoms with Crippen molar-refractivity contribution in [2.75, 3.05) is 14.2 Å². The van der Waals surface area contributed by atoms with E-state index in [0.717, 1.165) is 0 Å². The maximum Gasteiger partial charge on any atom is 0.341 e. The molecule has 0 bridgehead atoms. The van der Waals surface area contributed by atoms with Crippen LogP contribution in [-0.2, 0) is 27.1 Å². The van der Waals surface area contributed by atoms with Crippen molar-refractivity contribution in [3.05, 3.63) is 28.3 Å². The first-order valence-corrected chi connectivity index (χ1v) is 7.26. The van der Waals surface area contributed by atoms with Crippen LogP contribution in [0.25, 0.3) is 0 Å². The van der Waals surface area contributed by atoms with Gasteiger partial charge in [-0.2, -0.15) is 0 Å². The van der Waals surface area contributed by atoms with Gasteiger partial charge in [0.05, 0.1) is 26.2 Å². The van der Waals surface area contributed by atoms with Gasteiger partial charge in [0, 0.05) is 6.42 Å². The first kappa shape index (κ1) is 17.0. The molecule has 0 unspecified atom stereocenters. The molecule has 0 saturated heterocycles. The summed E-state index contributed by atoms with van der Waals surface area (Å²) in [5, 5.41) is 10.5. The number of ketones is 1. The minimum absolute atomic E-state index is 0.148. The van der Waals surface area contributed by atoms with Gasteiger partial charge < -0.3 is 14.6 Å². The molecule has 1 aliphatic carbocycles. The summed E-state index contributed by atoms with van der Waals surface area (Å²) < 4.78 is 9.31. The first-order valence-electron chi connectivity index (χ1n) is 7.26. The number of carbonyl (C=O) groups excluding carboxylic acids is 3. The standard InChI is InChI=1S/C17H20O6/c1-17(2)7-10-5-9(6-12(19)22-3)14(16(21)23-4)15(20)13(10)11(18)8-17/h5,20H,6-8H2,1-4H3. The summed E-state index contributed by atoms with van der Waals surface area (Å²) in [4.78, 5) is 36.0. The smallest absolute Gasteiger partial charge is 0.341 e. The first-order chi connectivity index (χ1) is 10.7. The lowest BCUT2D eigenvalue weighted by molar-refractivity contribution is -0.139. The summed E-state index contributed by atoms with van der Waals surface area (Å²) in [5.74, 6) is -1.96. The average Bonchev–Trinajstić information content (AvgIpc) is 2.44. The molecule has 0 aliphatic heterocycles. The molecule has 0 radical (unpaired) electrons. The Kier molecular flexibility index (Phi) is 4.45. The number of phenolic OH excluding ortho intramolecular Hbond substituents is 1. The number of carbonyl (C=O) groups is 3. The summed E-state index contributed by atoms with van der Waals surface area (Å²) >= 11 is 0. The third-order valence-corrected chi connectivity index (χ3v) is 4.00. The molecule has 0 atom stereocenters. The van der Waals surface area contributed by atoms with E-state index in [1.165, 1.54) is 14.2 Å². The Bertz CT molecular complexity index is 687. The van der Waals surface area contributed by atoms with Gasteiger partial charge in [-0.1, -0.05) is 19.9 Å². The maximum atomic E-state index is 12.4. The van der Waals surface area contributed by atoms with Gasteiger partial charge >= 0.3 is 11.9 Å². The molecule has 1 aliphatic rings. The predicted octanol–water partition coefficient (Wildman–Crippen LogP) is 2.05. The molecule has 6 nitrogen and oxygen atoms in total. The molecule has 2 rings (SSSR count). The van der Waals surface area contributed by atoms with Gasteiger partial charge in [0.1, 0.15) is 11.3 Å². The number of rotatable bonds is 3. The molecule has 0 aromatic heterocycles. The number of benzene rings is 1. The quantitative estimate of drug-likeness (QED) is 0.857. The van der Waals surface area contributed by atoms with E-state index in [1.54, 1.807) is 6.07 Å². The number of hydrogen-bond donors (Lipinski definition) is 1. The van der Waals surface area contributed by atoms with Crippen molar-refractivity contribution in [3.63, 3.8) is 0 Å². The molecular weight excluding hydrogens is 300 g/mol. The van der Waals surface area contributed by atoms with Gasteiger partial charge in [-0.05, 0) is 23.0 Å². The lowest BCUT2D eigenvalue weighted by Gasteiger charge is -2.31. The minimum atomic E-state index is -0.790. The fourth-order valence-corrected chi connectivity index (χ4v) is 3.03. The molecule has 23 heavy (non-hydrogen) atoms. The highest BCUT2D eigenvalue weighted by atomic mass is 16.5. The van der Waals surface area contributed by atoms with Crippen molar-refractivity contribution >= 4 is 17.7 Å². The number of esters is 2. The van der Waals surface area contributed by atoms with Crippen LogP contribution in [0.5, 0.6) is 5.75 Å². The van der Waals surface area contributed by atoms with Crippen molar-refractivity contribution in [2.45, 2.75) is 33.1 Å². The monoisotopic (exact) mass is 320 g/mol. The molecule has 0 spiro atoms. The topological polar surface area (TPSA) is 89.9 Å². The Morgan fingerprint density at radius 3 is 2.43 bits per heavy atom. The predicted molar refractivity (Wildman–Crippen MR) is 81.6 cm³/mol. The third-order valence-electron chi connectivity index (χ3n) is 4.00. The molecule has 0 amide bonds. The Labute approximate surface area is 134 Å².